The quantitative estimate of drug-likeness (QED) is 0.587. The molecule has 132 valence electrons. The first-order chi connectivity index (χ1) is 12.2. The van der Waals surface area contributed by atoms with E-state index in [4.69, 9.17) is 9.47 Å². The minimum Gasteiger partial charge on any atom is -0.493 e. The molecular weight excluding hydrogens is 316 g/mol. The maximum Gasteiger partial charge on any atom is 0.271 e. The minimum absolute atomic E-state index is 0.241. The van der Waals surface area contributed by atoms with E-state index in [-0.39, 0.29) is 5.91 Å². The summed E-state index contributed by atoms with van der Waals surface area (Å²) in [6.07, 6.45) is 3.44. The normalized spacial score (nSPS) is 10.7. The van der Waals surface area contributed by atoms with E-state index in [2.05, 4.69) is 17.5 Å². The number of carbonyl (C=O) groups excluding carboxylic acids is 1. The van der Waals surface area contributed by atoms with Crippen molar-refractivity contribution in [3.05, 3.63) is 59.2 Å². The average molecular weight is 340 g/mol. The Balaban J connectivity index is 2.01. The average Bonchev–Trinajstić information content (AvgIpc) is 2.66. The third kappa shape index (κ3) is 5.35. The number of ether oxygens (including phenoxy) is 2. The van der Waals surface area contributed by atoms with Gasteiger partial charge in [0.2, 0.25) is 0 Å². The fraction of sp³-hybridized carbons (Fsp3) is 0.300. The van der Waals surface area contributed by atoms with Gasteiger partial charge in [0.1, 0.15) is 0 Å². The molecule has 0 fully saturated rings. The fourth-order valence-corrected chi connectivity index (χ4v) is 2.22. The number of carbonyl (C=O) groups is 1. The third-order valence-electron chi connectivity index (χ3n) is 3.65. The summed E-state index contributed by atoms with van der Waals surface area (Å²) in [6.45, 7) is 4.73. The van der Waals surface area contributed by atoms with E-state index in [1.165, 1.54) is 5.56 Å². The van der Waals surface area contributed by atoms with Gasteiger partial charge in [0.15, 0.2) is 11.5 Å². The van der Waals surface area contributed by atoms with E-state index in [1.807, 2.05) is 37.3 Å². The number of nitrogens with one attached hydrogen (secondary N) is 1. The van der Waals surface area contributed by atoms with Crippen molar-refractivity contribution in [3.8, 4) is 11.5 Å². The summed E-state index contributed by atoms with van der Waals surface area (Å²) >= 11 is 0. The van der Waals surface area contributed by atoms with Gasteiger partial charge in [-0.05, 0) is 54.3 Å². The predicted octanol–water partition coefficient (Wildman–Crippen LogP) is 3.81. The van der Waals surface area contributed by atoms with E-state index >= 15 is 0 Å². The molecule has 0 heterocycles. The van der Waals surface area contributed by atoms with Gasteiger partial charge in [-0.1, -0.05) is 26.0 Å². The van der Waals surface area contributed by atoms with Gasteiger partial charge in [-0.3, -0.25) is 4.79 Å². The molecule has 0 saturated heterocycles. The molecule has 0 saturated carbocycles. The zero-order valence-corrected chi connectivity index (χ0v) is 14.9. The van der Waals surface area contributed by atoms with Crippen molar-refractivity contribution in [2.75, 3.05) is 13.7 Å². The van der Waals surface area contributed by atoms with Crippen molar-refractivity contribution in [2.24, 2.45) is 5.10 Å². The number of nitrogens with zero attached hydrogens (tertiary/aromatic N) is 1. The van der Waals surface area contributed by atoms with Crippen LogP contribution in [0.3, 0.4) is 0 Å². The topological polar surface area (TPSA) is 59.9 Å². The highest BCUT2D eigenvalue weighted by atomic mass is 16.5. The Morgan fingerprint density at radius 1 is 1.12 bits per heavy atom. The van der Waals surface area contributed by atoms with Crippen LogP contribution in [0.15, 0.2) is 47.6 Å². The molecule has 1 N–H and O–H groups in total. The van der Waals surface area contributed by atoms with Crippen molar-refractivity contribution in [1.82, 2.24) is 5.43 Å². The van der Waals surface area contributed by atoms with Crippen LogP contribution >= 0.6 is 0 Å². The van der Waals surface area contributed by atoms with Gasteiger partial charge in [-0.15, -0.1) is 0 Å². The molecule has 0 aliphatic rings. The molecule has 2 aromatic rings. The number of amides is 1. The summed E-state index contributed by atoms with van der Waals surface area (Å²) in [6, 6.07) is 13.0. The van der Waals surface area contributed by atoms with Crippen molar-refractivity contribution in [1.29, 1.82) is 0 Å². The van der Waals surface area contributed by atoms with E-state index in [1.54, 1.807) is 25.5 Å². The third-order valence-corrected chi connectivity index (χ3v) is 3.65. The highest BCUT2D eigenvalue weighted by Crippen LogP contribution is 2.27. The van der Waals surface area contributed by atoms with Crippen molar-refractivity contribution >= 4 is 12.1 Å². The van der Waals surface area contributed by atoms with Crippen LogP contribution < -0.4 is 14.9 Å². The Morgan fingerprint density at radius 2 is 1.88 bits per heavy atom. The molecule has 0 atom stereocenters. The van der Waals surface area contributed by atoms with Gasteiger partial charge < -0.3 is 9.47 Å². The van der Waals surface area contributed by atoms with Crippen LogP contribution in [0, 0.1) is 0 Å². The van der Waals surface area contributed by atoms with Gasteiger partial charge in [-0.2, -0.15) is 5.10 Å². The second-order valence-corrected chi connectivity index (χ2v) is 5.51. The van der Waals surface area contributed by atoms with E-state index in [9.17, 15) is 4.79 Å². The molecule has 25 heavy (non-hydrogen) atoms. The summed E-state index contributed by atoms with van der Waals surface area (Å²) in [7, 11) is 1.60. The first-order valence-corrected chi connectivity index (χ1v) is 8.41. The van der Waals surface area contributed by atoms with E-state index in [0.29, 0.717) is 23.7 Å². The molecule has 0 unspecified atom stereocenters. The molecule has 0 aliphatic heterocycles. The fourth-order valence-electron chi connectivity index (χ4n) is 2.22. The Kier molecular flexibility index (Phi) is 7.01. The van der Waals surface area contributed by atoms with Crippen LogP contribution in [0.1, 0.15) is 41.8 Å². The number of hydrogen-bond donors (Lipinski definition) is 1. The summed E-state index contributed by atoms with van der Waals surface area (Å²) in [4.78, 5) is 12.1. The van der Waals surface area contributed by atoms with E-state index in [0.717, 1.165) is 18.4 Å². The number of methoxy groups -OCH3 is 1. The standard InChI is InChI=1S/C20H24N2O3/c1-4-12-25-19-13-16(8-11-18(19)24-3)14-21-22-20(23)17-9-6-15(5-2)7-10-17/h6-11,13-14H,4-5,12H2,1-3H3,(H,22,23)/b21-14-. The second-order valence-electron chi connectivity index (χ2n) is 5.51. The lowest BCUT2D eigenvalue weighted by Crippen LogP contribution is -2.17. The SMILES string of the molecule is CCCOc1cc(/C=N\NC(=O)c2ccc(CC)cc2)ccc1OC. The molecule has 2 aromatic carbocycles. The number of rotatable bonds is 8. The van der Waals surface area contributed by atoms with Gasteiger partial charge in [0, 0.05) is 5.56 Å². The molecular formula is C20H24N2O3. The second kappa shape index (κ2) is 9.47. The van der Waals surface area contributed by atoms with Gasteiger partial charge in [0.25, 0.3) is 5.91 Å². The van der Waals surface area contributed by atoms with Gasteiger partial charge >= 0.3 is 0 Å². The highest BCUT2D eigenvalue weighted by molar-refractivity contribution is 5.94. The largest absolute Gasteiger partial charge is 0.493 e. The number of aryl methyl sites for hydroxylation is 1. The number of hydrogen-bond acceptors (Lipinski definition) is 4. The molecule has 5 heteroatoms. The van der Waals surface area contributed by atoms with Gasteiger partial charge in [-0.25, -0.2) is 5.43 Å². The minimum atomic E-state index is -0.241. The predicted molar refractivity (Wildman–Crippen MR) is 99.7 cm³/mol. The number of benzene rings is 2. The van der Waals surface area contributed by atoms with Crippen molar-refractivity contribution in [2.45, 2.75) is 26.7 Å². The maximum atomic E-state index is 12.1. The van der Waals surface area contributed by atoms with Crippen molar-refractivity contribution in [3.63, 3.8) is 0 Å². The summed E-state index contributed by atoms with van der Waals surface area (Å²) < 4.78 is 10.9. The molecule has 0 bridgehead atoms. The highest BCUT2D eigenvalue weighted by Gasteiger charge is 2.06. The molecule has 1 amide bonds. The summed E-state index contributed by atoms with van der Waals surface area (Å²) in [5, 5.41) is 4.02. The smallest absolute Gasteiger partial charge is 0.271 e. The molecule has 0 aliphatic carbocycles. The van der Waals surface area contributed by atoms with Crippen LogP contribution in [0.5, 0.6) is 11.5 Å². The zero-order chi connectivity index (χ0) is 18.1. The Labute approximate surface area is 148 Å². The Bertz CT molecular complexity index is 724. The van der Waals surface area contributed by atoms with Crippen LogP contribution in [0.25, 0.3) is 0 Å². The van der Waals surface area contributed by atoms with Crippen LogP contribution in [0.4, 0.5) is 0 Å². The summed E-state index contributed by atoms with van der Waals surface area (Å²) in [5.74, 6) is 1.09. The maximum absolute atomic E-state index is 12.1. The molecule has 2 rings (SSSR count). The Hall–Kier alpha value is -2.82. The Morgan fingerprint density at radius 3 is 2.52 bits per heavy atom. The van der Waals surface area contributed by atoms with Crippen molar-refractivity contribution < 1.29 is 14.3 Å². The van der Waals surface area contributed by atoms with E-state index < -0.39 is 0 Å². The monoisotopic (exact) mass is 340 g/mol. The molecule has 5 nitrogen and oxygen atoms in total. The first kappa shape index (κ1) is 18.5. The lowest BCUT2D eigenvalue weighted by atomic mass is 10.1. The van der Waals surface area contributed by atoms with Gasteiger partial charge in [0.05, 0.1) is 19.9 Å². The lowest BCUT2D eigenvalue weighted by Gasteiger charge is -2.10. The molecule has 0 radical (unpaired) electrons. The molecule has 0 aromatic heterocycles. The number of hydrazone groups is 1. The zero-order valence-electron chi connectivity index (χ0n) is 14.9. The van der Waals surface area contributed by atoms with Crippen LogP contribution in [0.2, 0.25) is 0 Å². The first-order valence-electron chi connectivity index (χ1n) is 8.41. The molecule has 0 spiro atoms. The van der Waals surface area contributed by atoms with Crippen LogP contribution in [-0.4, -0.2) is 25.8 Å². The lowest BCUT2D eigenvalue weighted by molar-refractivity contribution is 0.0955. The summed E-state index contributed by atoms with van der Waals surface area (Å²) in [5.41, 5.74) is 5.12. The van der Waals surface area contributed by atoms with Crippen LogP contribution in [-0.2, 0) is 6.42 Å².